The molecule has 5 heteroatoms. The molecule has 0 aliphatic carbocycles. The minimum atomic E-state index is -0.299. The summed E-state index contributed by atoms with van der Waals surface area (Å²) in [5.41, 5.74) is 20.3. The second-order valence-corrected chi connectivity index (χ2v) is 4.01. The summed E-state index contributed by atoms with van der Waals surface area (Å²) in [4.78, 5) is 4.02. The van der Waals surface area contributed by atoms with Crippen molar-refractivity contribution in [3.63, 3.8) is 0 Å². The van der Waals surface area contributed by atoms with Crippen molar-refractivity contribution in [1.82, 2.24) is 4.98 Å². The first-order valence-electron chi connectivity index (χ1n) is 5.63. The highest BCUT2D eigenvalue weighted by atomic mass is 19.1. The summed E-state index contributed by atoms with van der Waals surface area (Å²) in [6, 6.07) is 6.05. The summed E-state index contributed by atoms with van der Waals surface area (Å²) in [7, 11) is 0. The second-order valence-electron chi connectivity index (χ2n) is 4.01. The molecule has 94 valence electrons. The minimum Gasteiger partial charge on any atom is -0.396 e. The Morgan fingerprint density at radius 1 is 1.06 bits per heavy atom. The predicted octanol–water partition coefficient (Wildman–Crippen LogP) is 2.20. The molecule has 4 nitrogen and oxygen atoms in total. The summed E-state index contributed by atoms with van der Waals surface area (Å²) in [5, 5.41) is 0. The van der Waals surface area contributed by atoms with Crippen LogP contribution in [-0.2, 0) is 6.42 Å². The van der Waals surface area contributed by atoms with Crippen molar-refractivity contribution in [2.45, 2.75) is 13.3 Å². The number of benzene rings is 1. The lowest BCUT2D eigenvalue weighted by molar-refractivity contribution is 0.628. The lowest BCUT2D eigenvalue weighted by atomic mass is 9.97. The Morgan fingerprint density at radius 2 is 1.67 bits per heavy atom. The van der Waals surface area contributed by atoms with E-state index in [1.165, 1.54) is 12.1 Å². The van der Waals surface area contributed by atoms with Gasteiger partial charge < -0.3 is 17.2 Å². The number of hydrogen-bond donors (Lipinski definition) is 3. The van der Waals surface area contributed by atoms with Crippen molar-refractivity contribution >= 4 is 17.3 Å². The van der Waals surface area contributed by atoms with Gasteiger partial charge in [0.1, 0.15) is 17.5 Å². The van der Waals surface area contributed by atoms with Gasteiger partial charge in [-0.2, -0.15) is 0 Å². The maximum absolute atomic E-state index is 12.9. The highest BCUT2D eigenvalue weighted by Crippen LogP contribution is 2.35. The van der Waals surface area contributed by atoms with Crippen LogP contribution in [0.1, 0.15) is 12.5 Å². The number of pyridine rings is 1. The fraction of sp³-hybridized carbons (Fsp3) is 0.154. The lowest BCUT2D eigenvalue weighted by Gasteiger charge is -2.15. The summed E-state index contributed by atoms with van der Waals surface area (Å²) in [6.07, 6.45) is 0.676. The maximum Gasteiger partial charge on any atom is 0.149 e. The van der Waals surface area contributed by atoms with Crippen molar-refractivity contribution in [3.05, 3.63) is 35.6 Å². The van der Waals surface area contributed by atoms with Crippen LogP contribution in [-0.4, -0.2) is 4.98 Å². The largest absolute Gasteiger partial charge is 0.396 e. The van der Waals surface area contributed by atoms with Crippen LogP contribution in [0.25, 0.3) is 11.1 Å². The number of hydrogen-bond acceptors (Lipinski definition) is 4. The van der Waals surface area contributed by atoms with Crippen molar-refractivity contribution in [2.24, 2.45) is 0 Å². The number of halogens is 1. The minimum absolute atomic E-state index is 0.232. The van der Waals surface area contributed by atoms with Crippen LogP contribution in [0.2, 0.25) is 0 Å². The van der Waals surface area contributed by atoms with Gasteiger partial charge >= 0.3 is 0 Å². The number of aromatic nitrogens is 1. The molecule has 2 aromatic rings. The van der Waals surface area contributed by atoms with Crippen LogP contribution in [0.4, 0.5) is 21.7 Å². The Balaban J connectivity index is 2.70. The van der Waals surface area contributed by atoms with E-state index in [1.54, 1.807) is 12.1 Å². The number of nitrogens with zero attached hydrogens (tertiary/aromatic N) is 1. The third-order valence-corrected chi connectivity index (χ3v) is 2.89. The van der Waals surface area contributed by atoms with E-state index in [0.717, 1.165) is 16.7 Å². The average Bonchev–Trinajstić information content (AvgIpc) is 2.35. The van der Waals surface area contributed by atoms with Gasteiger partial charge in [-0.15, -0.1) is 0 Å². The Labute approximate surface area is 105 Å². The molecule has 0 aliphatic heterocycles. The monoisotopic (exact) mass is 246 g/mol. The van der Waals surface area contributed by atoms with E-state index in [4.69, 9.17) is 17.2 Å². The SMILES string of the molecule is CCc1c(N)c(N)nc(N)c1-c1ccc(F)cc1. The number of rotatable bonds is 2. The molecule has 0 radical (unpaired) electrons. The normalized spacial score (nSPS) is 10.6. The Bertz CT molecular complexity index is 579. The van der Waals surface area contributed by atoms with E-state index in [2.05, 4.69) is 4.98 Å². The zero-order chi connectivity index (χ0) is 13.3. The van der Waals surface area contributed by atoms with Gasteiger partial charge in [-0.05, 0) is 29.7 Å². The first-order valence-corrected chi connectivity index (χ1v) is 5.63. The van der Waals surface area contributed by atoms with E-state index in [-0.39, 0.29) is 11.6 Å². The van der Waals surface area contributed by atoms with E-state index in [0.29, 0.717) is 17.9 Å². The number of nitrogens with two attached hydrogens (primary N) is 3. The second kappa shape index (κ2) is 4.52. The van der Waals surface area contributed by atoms with Crippen molar-refractivity contribution in [2.75, 3.05) is 17.2 Å². The third-order valence-electron chi connectivity index (χ3n) is 2.89. The third kappa shape index (κ3) is 1.95. The van der Waals surface area contributed by atoms with Gasteiger partial charge in [-0.3, -0.25) is 0 Å². The van der Waals surface area contributed by atoms with Gasteiger partial charge in [-0.1, -0.05) is 19.1 Å². The Kier molecular flexibility index (Phi) is 3.06. The molecule has 0 spiro atoms. The molecule has 1 aromatic carbocycles. The summed E-state index contributed by atoms with van der Waals surface area (Å²) >= 11 is 0. The first-order chi connectivity index (χ1) is 8.54. The van der Waals surface area contributed by atoms with Gasteiger partial charge in [-0.25, -0.2) is 9.37 Å². The van der Waals surface area contributed by atoms with Gasteiger partial charge in [0.15, 0.2) is 0 Å². The van der Waals surface area contributed by atoms with Gasteiger partial charge in [0, 0.05) is 5.56 Å². The molecule has 0 fully saturated rings. The molecule has 0 saturated heterocycles. The molecule has 0 aliphatic rings. The van der Waals surface area contributed by atoms with Crippen LogP contribution in [0, 0.1) is 5.82 Å². The van der Waals surface area contributed by atoms with Crippen LogP contribution >= 0.6 is 0 Å². The molecule has 6 N–H and O–H groups in total. The van der Waals surface area contributed by atoms with E-state index < -0.39 is 0 Å². The predicted molar refractivity (Wildman–Crippen MR) is 72.2 cm³/mol. The van der Waals surface area contributed by atoms with Gasteiger partial charge in [0.05, 0.1) is 5.69 Å². The van der Waals surface area contributed by atoms with Crippen molar-refractivity contribution in [1.29, 1.82) is 0 Å². The summed E-state index contributed by atoms with van der Waals surface area (Å²) in [6.45, 7) is 1.96. The summed E-state index contributed by atoms with van der Waals surface area (Å²) in [5.74, 6) is 0.243. The molecule has 0 saturated carbocycles. The van der Waals surface area contributed by atoms with E-state index >= 15 is 0 Å². The molecule has 1 aromatic heterocycles. The van der Waals surface area contributed by atoms with Crippen molar-refractivity contribution < 1.29 is 4.39 Å². The Hall–Kier alpha value is -2.30. The van der Waals surface area contributed by atoms with Gasteiger partial charge in [0.25, 0.3) is 0 Å². The molecule has 2 rings (SSSR count). The van der Waals surface area contributed by atoms with E-state index in [9.17, 15) is 4.39 Å². The van der Waals surface area contributed by atoms with Crippen LogP contribution in [0.15, 0.2) is 24.3 Å². The smallest absolute Gasteiger partial charge is 0.149 e. The van der Waals surface area contributed by atoms with Crippen molar-refractivity contribution in [3.8, 4) is 11.1 Å². The fourth-order valence-electron chi connectivity index (χ4n) is 2.00. The fourth-order valence-corrected chi connectivity index (χ4v) is 2.00. The van der Waals surface area contributed by atoms with E-state index in [1.807, 2.05) is 6.92 Å². The first kappa shape index (κ1) is 12.2. The van der Waals surface area contributed by atoms with Crippen LogP contribution in [0.3, 0.4) is 0 Å². The number of nitrogen functional groups attached to an aromatic ring is 3. The molecule has 0 bridgehead atoms. The van der Waals surface area contributed by atoms with Crippen LogP contribution < -0.4 is 17.2 Å². The van der Waals surface area contributed by atoms with Gasteiger partial charge in [0.2, 0.25) is 0 Å². The Morgan fingerprint density at radius 3 is 2.22 bits per heavy atom. The van der Waals surface area contributed by atoms with Crippen LogP contribution in [0.5, 0.6) is 0 Å². The zero-order valence-corrected chi connectivity index (χ0v) is 10.1. The average molecular weight is 246 g/mol. The zero-order valence-electron chi connectivity index (χ0n) is 10.1. The molecular formula is C13H15FN4. The topological polar surface area (TPSA) is 91.0 Å². The highest BCUT2D eigenvalue weighted by Gasteiger charge is 2.15. The molecule has 0 amide bonds. The lowest BCUT2D eigenvalue weighted by Crippen LogP contribution is -2.08. The molecular weight excluding hydrogens is 231 g/mol. The number of anilines is 3. The quantitative estimate of drug-likeness (QED) is 0.757. The standard InChI is InChI=1S/C13H15FN4/c1-2-9-10(7-3-5-8(14)6-4-7)12(16)18-13(17)11(9)15/h3-6H,2,15H2,1H3,(H4,16,17,18). The molecule has 0 atom stereocenters. The molecule has 0 unspecified atom stereocenters. The maximum atomic E-state index is 12.9. The molecule has 18 heavy (non-hydrogen) atoms. The summed E-state index contributed by atoms with van der Waals surface area (Å²) < 4.78 is 12.9. The molecule has 1 heterocycles. The highest BCUT2D eigenvalue weighted by molar-refractivity contribution is 5.85.